The maximum atomic E-state index is 13.0. The lowest BCUT2D eigenvalue weighted by Gasteiger charge is -2.39. The molecule has 3 rings (SSSR count). The summed E-state index contributed by atoms with van der Waals surface area (Å²) >= 11 is 0. The van der Waals surface area contributed by atoms with Crippen LogP contribution in [0.15, 0.2) is 11.1 Å². The molecule has 7 nitrogen and oxygen atoms in total. The number of piperidine rings is 2. The third-order valence-electron chi connectivity index (χ3n) is 6.92. The summed E-state index contributed by atoms with van der Waals surface area (Å²) in [7, 11) is 0. The van der Waals surface area contributed by atoms with Crippen molar-refractivity contribution in [1.82, 2.24) is 15.1 Å². The first-order valence-corrected chi connectivity index (χ1v) is 11.0. The molecule has 7 heteroatoms. The van der Waals surface area contributed by atoms with E-state index < -0.39 is 11.6 Å². The Bertz CT molecular complexity index is 684. The topological polar surface area (TPSA) is 78.9 Å². The molecule has 0 aromatic rings. The van der Waals surface area contributed by atoms with E-state index in [1.807, 2.05) is 0 Å². The number of hydrogen-bond acceptors (Lipinski definition) is 5. The summed E-state index contributed by atoms with van der Waals surface area (Å²) in [6.45, 7) is 10.3. The fourth-order valence-corrected chi connectivity index (χ4v) is 5.13. The van der Waals surface area contributed by atoms with Crippen LogP contribution in [0.2, 0.25) is 0 Å². The van der Waals surface area contributed by atoms with Gasteiger partial charge in [-0.3, -0.25) is 14.5 Å². The molecule has 29 heavy (non-hydrogen) atoms. The highest BCUT2D eigenvalue weighted by atomic mass is 16.6. The third kappa shape index (κ3) is 4.49. The molecule has 2 fully saturated rings. The van der Waals surface area contributed by atoms with Crippen molar-refractivity contribution < 1.29 is 19.1 Å². The van der Waals surface area contributed by atoms with Crippen molar-refractivity contribution in [2.45, 2.75) is 83.9 Å². The average molecular weight is 406 g/mol. The molecule has 0 radical (unpaired) electrons. The van der Waals surface area contributed by atoms with E-state index in [-0.39, 0.29) is 11.8 Å². The van der Waals surface area contributed by atoms with E-state index in [1.165, 1.54) is 26.2 Å². The van der Waals surface area contributed by atoms with Crippen LogP contribution in [0.4, 0.5) is 0 Å². The first-order chi connectivity index (χ1) is 13.7. The molecule has 2 atom stereocenters. The lowest BCUT2D eigenvalue weighted by atomic mass is 9.82. The van der Waals surface area contributed by atoms with Crippen molar-refractivity contribution >= 4 is 17.8 Å². The molecular formula is C22H35N3O4. The Morgan fingerprint density at radius 3 is 2.38 bits per heavy atom. The summed E-state index contributed by atoms with van der Waals surface area (Å²) in [5.41, 5.74) is -0.0185. The first kappa shape index (κ1) is 21.8. The standard InChI is InChI=1S/C22H35N3O4/c1-15-7-5-8-16(2)25(15)12-6-11-23-20(27)19-17(3)21(28)29-22(19)9-13-24(14-10-22)18(4)26/h15-16H,5-14H2,1-4H3,(H,23,27)/t15-,16+. The van der Waals surface area contributed by atoms with Crippen LogP contribution in [0.25, 0.3) is 0 Å². The zero-order chi connectivity index (χ0) is 21.2. The van der Waals surface area contributed by atoms with Crippen LogP contribution in [0.5, 0.6) is 0 Å². The Morgan fingerprint density at radius 1 is 1.17 bits per heavy atom. The van der Waals surface area contributed by atoms with Crippen LogP contribution in [0.3, 0.4) is 0 Å². The number of hydrogen-bond donors (Lipinski definition) is 1. The molecule has 3 aliphatic rings. The van der Waals surface area contributed by atoms with Gasteiger partial charge in [-0.05, 0) is 40.0 Å². The van der Waals surface area contributed by atoms with Crippen molar-refractivity contribution in [3.05, 3.63) is 11.1 Å². The molecule has 0 aliphatic carbocycles. The molecule has 0 aromatic carbocycles. The number of carbonyl (C=O) groups excluding carboxylic acids is 3. The summed E-state index contributed by atoms with van der Waals surface area (Å²) in [5, 5.41) is 3.01. The second-order valence-electron chi connectivity index (χ2n) is 8.87. The van der Waals surface area contributed by atoms with Crippen LogP contribution in [-0.2, 0) is 19.1 Å². The van der Waals surface area contributed by atoms with Crippen molar-refractivity contribution in [1.29, 1.82) is 0 Å². The van der Waals surface area contributed by atoms with Crippen LogP contribution in [-0.4, -0.2) is 71.4 Å². The predicted molar refractivity (Wildman–Crippen MR) is 110 cm³/mol. The van der Waals surface area contributed by atoms with Gasteiger partial charge < -0.3 is 15.0 Å². The second-order valence-corrected chi connectivity index (χ2v) is 8.87. The molecule has 2 amide bonds. The fraction of sp³-hybridized carbons (Fsp3) is 0.773. The second kappa shape index (κ2) is 8.86. The van der Waals surface area contributed by atoms with E-state index in [0.717, 1.165) is 13.0 Å². The Hall–Kier alpha value is -1.89. The summed E-state index contributed by atoms with van der Waals surface area (Å²) < 4.78 is 5.67. The van der Waals surface area contributed by atoms with Gasteiger partial charge in [0.05, 0.1) is 5.57 Å². The van der Waals surface area contributed by atoms with Crippen molar-refractivity contribution in [3.63, 3.8) is 0 Å². The van der Waals surface area contributed by atoms with Gasteiger partial charge in [-0.25, -0.2) is 4.79 Å². The lowest BCUT2D eigenvalue weighted by Crippen LogP contribution is -2.50. The van der Waals surface area contributed by atoms with Gasteiger partial charge in [-0.2, -0.15) is 0 Å². The number of esters is 1. The molecule has 3 heterocycles. The number of likely N-dealkylation sites (tertiary alicyclic amines) is 2. The quantitative estimate of drug-likeness (QED) is 0.559. The highest BCUT2D eigenvalue weighted by Crippen LogP contribution is 2.41. The minimum absolute atomic E-state index is 0.0112. The number of amides is 2. The largest absolute Gasteiger partial charge is 0.450 e. The van der Waals surface area contributed by atoms with E-state index in [4.69, 9.17) is 4.74 Å². The van der Waals surface area contributed by atoms with E-state index in [2.05, 4.69) is 24.1 Å². The monoisotopic (exact) mass is 405 g/mol. The Morgan fingerprint density at radius 2 is 1.79 bits per heavy atom. The van der Waals surface area contributed by atoms with Gasteiger partial charge >= 0.3 is 5.97 Å². The molecule has 162 valence electrons. The van der Waals surface area contributed by atoms with E-state index in [0.29, 0.717) is 55.7 Å². The van der Waals surface area contributed by atoms with Gasteiger partial charge in [-0.15, -0.1) is 0 Å². The number of nitrogens with zero attached hydrogens (tertiary/aromatic N) is 2. The van der Waals surface area contributed by atoms with Crippen LogP contribution in [0.1, 0.15) is 66.2 Å². The normalized spacial score (nSPS) is 27.3. The number of carbonyl (C=O) groups is 3. The number of nitrogens with one attached hydrogen (secondary N) is 1. The van der Waals surface area contributed by atoms with Crippen molar-refractivity contribution in [2.75, 3.05) is 26.2 Å². The minimum atomic E-state index is -0.882. The number of ether oxygens (including phenoxy) is 1. The summed E-state index contributed by atoms with van der Waals surface area (Å²) in [6, 6.07) is 1.19. The average Bonchev–Trinajstić information content (AvgIpc) is 2.90. The molecule has 0 unspecified atom stereocenters. The fourth-order valence-electron chi connectivity index (χ4n) is 5.13. The first-order valence-electron chi connectivity index (χ1n) is 11.0. The molecule has 0 bridgehead atoms. The van der Waals surface area contributed by atoms with E-state index in [1.54, 1.807) is 11.8 Å². The van der Waals surface area contributed by atoms with Gasteiger partial charge in [0.1, 0.15) is 5.60 Å². The molecule has 0 aromatic heterocycles. The van der Waals surface area contributed by atoms with E-state index in [9.17, 15) is 14.4 Å². The smallest absolute Gasteiger partial charge is 0.335 e. The Labute approximate surface area is 173 Å². The van der Waals surface area contributed by atoms with Gasteiger partial charge in [-0.1, -0.05) is 6.42 Å². The Balaban J connectivity index is 1.57. The van der Waals surface area contributed by atoms with Crippen LogP contribution in [0, 0.1) is 0 Å². The SMILES string of the molecule is CC(=O)N1CCC2(CC1)OC(=O)C(C)=C2C(=O)NCCCN1[C@H](C)CCC[C@@H]1C. The molecule has 1 N–H and O–H groups in total. The molecular weight excluding hydrogens is 370 g/mol. The van der Waals surface area contributed by atoms with Crippen molar-refractivity contribution in [2.24, 2.45) is 0 Å². The zero-order valence-corrected chi connectivity index (χ0v) is 18.3. The molecule has 3 aliphatic heterocycles. The van der Waals surface area contributed by atoms with Gasteiger partial charge in [0.15, 0.2) is 0 Å². The van der Waals surface area contributed by atoms with Crippen LogP contribution < -0.4 is 5.32 Å². The predicted octanol–water partition coefficient (Wildman–Crippen LogP) is 2.01. The van der Waals surface area contributed by atoms with E-state index >= 15 is 0 Å². The zero-order valence-electron chi connectivity index (χ0n) is 18.3. The Kier molecular flexibility index (Phi) is 6.66. The lowest BCUT2D eigenvalue weighted by molar-refractivity contribution is -0.152. The number of rotatable bonds is 5. The molecule has 0 saturated carbocycles. The molecule has 1 spiro atoms. The van der Waals surface area contributed by atoms with Gasteiger partial charge in [0.2, 0.25) is 5.91 Å². The van der Waals surface area contributed by atoms with Gasteiger partial charge in [0, 0.05) is 63.6 Å². The molecule has 2 saturated heterocycles. The van der Waals surface area contributed by atoms with Crippen LogP contribution >= 0.6 is 0 Å². The third-order valence-corrected chi connectivity index (χ3v) is 6.92. The minimum Gasteiger partial charge on any atom is -0.450 e. The highest BCUT2D eigenvalue weighted by molar-refractivity contribution is 6.07. The maximum absolute atomic E-state index is 13.0. The summed E-state index contributed by atoms with van der Waals surface area (Å²) in [4.78, 5) is 41.1. The maximum Gasteiger partial charge on any atom is 0.335 e. The highest BCUT2D eigenvalue weighted by Gasteiger charge is 2.51. The van der Waals surface area contributed by atoms with Gasteiger partial charge in [0.25, 0.3) is 5.91 Å². The summed E-state index contributed by atoms with van der Waals surface area (Å²) in [5.74, 6) is -0.608. The van der Waals surface area contributed by atoms with Crippen molar-refractivity contribution in [3.8, 4) is 0 Å². The summed E-state index contributed by atoms with van der Waals surface area (Å²) in [6.07, 6.45) is 5.60.